The second kappa shape index (κ2) is 7.17. The third kappa shape index (κ3) is 3.41. The second-order valence-electron chi connectivity index (χ2n) is 6.13. The molecule has 0 aliphatic heterocycles. The van der Waals surface area contributed by atoms with Crippen molar-refractivity contribution in [2.24, 2.45) is 7.05 Å². The van der Waals surface area contributed by atoms with Crippen LogP contribution in [-0.4, -0.2) is 20.7 Å². The molecule has 3 rings (SSSR count). The van der Waals surface area contributed by atoms with Crippen LogP contribution in [-0.2, 0) is 13.6 Å². The molecule has 0 spiro atoms. The summed E-state index contributed by atoms with van der Waals surface area (Å²) >= 11 is 6.46. The average molecular weight is 371 g/mol. The Labute approximate surface area is 155 Å². The first-order chi connectivity index (χ1) is 12.4. The summed E-state index contributed by atoms with van der Waals surface area (Å²) in [4.78, 5) is 27.4. The quantitative estimate of drug-likeness (QED) is 0.741. The number of aromatic nitrogens is 3. The van der Waals surface area contributed by atoms with Gasteiger partial charge in [0.1, 0.15) is 0 Å². The van der Waals surface area contributed by atoms with Crippen molar-refractivity contribution in [2.75, 3.05) is 0 Å². The summed E-state index contributed by atoms with van der Waals surface area (Å²) in [6, 6.07) is 8.97. The van der Waals surface area contributed by atoms with Gasteiger partial charge in [-0.3, -0.25) is 14.3 Å². The number of H-pyrrole nitrogens is 1. The zero-order valence-electron chi connectivity index (χ0n) is 14.8. The third-order valence-corrected chi connectivity index (χ3v) is 4.67. The van der Waals surface area contributed by atoms with Gasteiger partial charge in [-0.1, -0.05) is 23.7 Å². The summed E-state index contributed by atoms with van der Waals surface area (Å²) in [6.45, 7) is 3.80. The first kappa shape index (κ1) is 17.9. The highest BCUT2D eigenvalue weighted by Gasteiger charge is 2.16. The Bertz CT molecular complexity index is 1040. The van der Waals surface area contributed by atoms with Crippen LogP contribution >= 0.6 is 11.6 Å². The van der Waals surface area contributed by atoms with Gasteiger partial charge in [-0.25, -0.2) is 0 Å². The van der Waals surface area contributed by atoms with Crippen LogP contribution < -0.4 is 10.9 Å². The smallest absolute Gasteiger partial charge is 0.253 e. The van der Waals surface area contributed by atoms with Gasteiger partial charge >= 0.3 is 0 Å². The average Bonchev–Trinajstić information content (AvgIpc) is 2.99. The van der Waals surface area contributed by atoms with Crippen molar-refractivity contribution in [3.8, 4) is 11.3 Å². The van der Waals surface area contributed by atoms with E-state index in [0.717, 1.165) is 22.5 Å². The van der Waals surface area contributed by atoms with Crippen LogP contribution in [0.2, 0.25) is 5.02 Å². The number of halogens is 1. The number of amides is 1. The van der Waals surface area contributed by atoms with E-state index < -0.39 is 0 Å². The highest BCUT2D eigenvalue weighted by Crippen LogP contribution is 2.30. The van der Waals surface area contributed by atoms with Crippen molar-refractivity contribution >= 4 is 17.5 Å². The summed E-state index contributed by atoms with van der Waals surface area (Å²) < 4.78 is 1.69. The molecule has 2 heterocycles. The molecular formula is C19H19ClN4O2. The second-order valence-corrected chi connectivity index (χ2v) is 6.51. The minimum Gasteiger partial charge on any atom is -0.348 e. The van der Waals surface area contributed by atoms with E-state index in [0.29, 0.717) is 16.1 Å². The van der Waals surface area contributed by atoms with Crippen LogP contribution in [0.1, 0.15) is 27.2 Å². The molecule has 0 bridgehead atoms. The Morgan fingerprint density at radius 1 is 1.31 bits per heavy atom. The topological polar surface area (TPSA) is 79.8 Å². The molecule has 0 radical (unpaired) electrons. The Hall–Kier alpha value is -2.86. The monoisotopic (exact) mass is 370 g/mol. The van der Waals surface area contributed by atoms with Crippen LogP contribution in [0.15, 0.2) is 41.3 Å². The van der Waals surface area contributed by atoms with E-state index in [2.05, 4.69) is 15.4 Å². The van der Waals surface area contributed by atoms with Gasteiger partial charge in [0.15, 0.2) is 0 Å². The number of nitrogens with zero attached hydrogens (tertiary/aromatic N) is 2. The first-order valence-electron chi connectivity index (χ1n) is 8.13. The molecule has 0 unspecified atom stereocenters. The maximum Gasteiger partial charge on any atom is 0.253 e. The van der Waals surface area contributed by atoms with Crippen LogP contribution in [0.25, 0.3) is 11.3 Å². The number of rotatable bonds is 4. The molecule has 0 fully saturated rings. The minimum absolute atomic E-state index is 0.131. The van der Waals surface area contributed by atoms with Gasteiger partial charge in [-0.15, -0.1) is 0 Å². The number of hydrogen-bond acceptors (Lipinski definition) is 3. The highest BCUT2D eigenvalue weighted by atomic mass is 35.5. The molecule has 1 aromatic carbocycles. The Kier molecular flexibility index (Phi) is 4.95. The molecule has 134 valence electrons. The van der Waals surface area contributed by atoms with E-state index in [1.54, 1.807) is 23.0 Å². The fourth-order valence-corrected chi connectivity index (χ4v) is 3.22. The molecule has 0 aliphatic rings. The van der Waals surface area contributed by atoms with Crippen molar-refractivity contribution in [3.63, 3.8) is 0 Å². The fraction of sp³-hybridized carbons (Fsp3) is 0.211. The lowest BCUT2D eigenvalue weighted by Crippen LogP contribution is -2.28. The zero-order chi connectivity index (χ0) is 18.8. The van der Waals surface area contributed by atoms with Gasteiger partial charge in [-0.2, -0.15) is 5.10 Å². The lowest BCUT2D eigenvalue weighted by Gasteiger charge is -2.11. The number of carbonyl (C=O) groups is 1. The standard InChI is InChI=1S/C19H19ClN4O2/c1-11-9-12(2)23-19(26)15(11)10-21-18(25)14-6-4-5-13(17(14)20)16-7-8-22-24(16)3/h4-9H,10H2,1-3H3,(H,21,25)(H,23,26). The van der Waals surface area contributed by atoms with Crippen molar-refractivity contribution in [1.82, 2.24) is 20.1 Å². The largest absolute Gasteiger partial charge is 0.348 e. The normalized spacial score (nSPS) is 10.8. The van der Waals surface area contributed by atoms with Crippen LogP contribution in [0, 0.1) is 13.8 Å². The Balaban J connectivity index is 1.86. The highest BCUT2D eigenvalue weighted by molar-refractivity contribution is 6.36. The molecular weight excluding hydrogens is 352 g/mol. The molecule has 7 heteroatoms. The predicted molar refractivity (Wildman–Crippen MR) is 101 cm³/mol. The number of carbonyl (C=O) groups excluding carboxylic acids is 1. The van der Waals surface area contributed by atoms with Crippen molar-refractivity contribution in [3.05, 3.63) is 74.3 Å². The molecule has 0 saturated heterocycles. The summed E-state index contributed by atoms with van der Waals surface area (Å²) in [6.07, 6.45) is 1.67. The lowest BCUT2D eigenvalue weighted by molar-refractivity contribution is 0.0951. The summed E-state index contributed by atoms with van der Waals surface area (Å²) in [5.41, 5.74) is 3.85. The molecule has 26 heavy (non-hydrogen) atoms. The molecule has 2 N–H and O–H groups in total. The molecule has 3 aromatic rings. The number of pyridine rings is 1. The third-order valence-electron chi connectivity index (χ3n) is 4.26. The van der Waals surface area contributed by atoms with Crippen molar-refractivity contribution < 1.29 is 4.79 Å². The maximum atomic E-state index is 12.6. The minimum atomic E-state index is -0.335. The summed E-state index contributed by atoms with van der Waals surface area (Å²) in [7, 11) is 1.81. The van der Waals surface area contributed by atoms with Crippen LogP contribution in [0.5, 0.6) is 0 Å². The molecule has 2 aromatic heterocycles. The van der Waals surface area contributed by atoms with E-state index in [9.17, 15) is 9.59 Å². The Morgan fingerprint density at radius 2 is 2.08 bits per heavy atom. The number of aromatic amines is 1. The van der Waals surface area contributed by atoms with Gasteiger partial charge in [-0.05, 0) is 37.6 Å². The number of benzene rings is 1. The zero-order valence-corrected chi connectivity index (χ0v) is 15.5. The predicted octanol–water partition coefficient (Wildman–Crippen LogP) is 2.98. The molecule has 0 aliphatic carbocycles. The van der Waals surface area contributed by atoms with Gasteiger partial charge < -0.3 is 10.3 Å². The lowest BCUT2D eigenvalue weighted by atomic mass is 10.1. The molecule has 6 nitrogen and oxygen atoms in total. The van der Waals surface area contributed by atoms with Crippen molar-refractivity contribution in [2.45, 2.75) is 20.4 Å². The van der Waals surface area contributed by atoms with Gasteiger partial charge in [0.05, 0.1) is 16.3 Å². The van der Waals surface area contributed by atoms with E-state index in [1.165, 1.54) is 0 Å². The SMILES string of the molecule is Cc1cc(C)c(CNC(=O)c2cccc(-c3ccnn3C)c2Cl)c(=O)[nH]1. The maximum absolute atomic E-state index is 12.6. The van der Waals surface area contributed by atoms with E-state index in [1.807, 2.05) is 39.1 Å². The van der Waals surface area contributed by atoms with Crippen molar-refractivity contribution in [1.29, 1.82) is 0 Å². The summed E-state index contributed by atoms with van der Waals surface area (Å²) in [5.74, 6) is -0.335. The number of aryl methyl sites for hydroxylation is 3. The number of nitrogens with one attached hydrogen (secondary N) is 2. The Morgan fingerprint density at radius 3 is 2.73 bits per heavy atom. The molecule has 0 atom stereocenters. The molecule has 1 amide bonds. The van der Waals surface area contributed by atoms with E-state index >= 15 is 0 Å². The van der Waals surface area contributed by atoms with Crippen LogP contribution in [0.4, 0.5) is 0 Å². The number of hydrogen-bond donors (Lipinski definition) is 2. The first-order valence-corrected chi connectivity index (χ1v) is 8.50. The fourth-order valence-electron chi connectivity index (χ4n) is 2.91. The van der Waals surface area contributed by atoms with Gasteiger partial charge in [0.2, 0.25) is 0 Å². The summed E-state index contributed by atoms with van der Waals surface area (Å²) in [5, 5.41) is 7.26. The van der Waals surface area contributed by atoms with E-state index in [-0.39, 0.29) is 18.0 Å². The van der Waals surface area contributed by atoms with Gasteiger partial charge in [0, 0.05) is 36.6 Å². The van der Waals surface area contributed by atoms with Gasteiger partial charge in [0.25, 0.3) is 11.5 Å². The van der Waals surface area contributed by atoms with Crippen LogP contribution in [0.3, 0.4) is 0 Å². The molecule has 0 saturated carbocycles. The van der Waals surface area contributed by atoms with E-state index in [4.69, 9.17) is 11.6 Å².